The standard InChI is InChI=1S/C11H13FN4/c1-8-14-15-11(16(8)7-6-13)9-2-4-10(12)5-3-9/h2-5H,6-7,13H2,1H3. The van der Waals surface area contributed by atoms with Crippen LogP contribution in [0.2, 0.25) is 0 Å². The van der Waals surface area contributed by atoms with E-state index < -0.39 is 0 Å². The fourth-order valence-electron chi connectivity index (χ4n) is 1.59. The summed E-state index contributed by atoms with van der Waals surface area (Å²) in [5.41, 5.74) is 6.37. The number of hydrogen-bond donors (Lipinski definition) is 1. The van der Waals surface area contributed by atoms with Gasteiger partial charge in [0.2, 0.25) is 0 Å². The predicted molar refractivity (Wildman–Crippen MR) is 59.2 cm³/mol. The molecule has 16 heavy (non-hydrogen) atoms. The largest absolute Gasteiger partial charge is 0.329 e. The van der Waals surface area contributed by atoms with E-state index in [2.05, 4.69) is 10.2 Å². The van der Waals surface area contributed by atoms with Crippen LogP contribution in [0.3, 0.4) is 0 Å². The smallest absolute Gasteiger partial charge is 0.163 e. The van der Waals surface area contributed by atoms with Gasteiger partial charge in [0.1, 0.15) is 11.6 Å². The molecule has 1 aromatic heterocycles. The Morgan fingerprint density at radius 1 is 1.25 bits per heavy atom. The zero-order valence-corrected chi connectivity index (χ0v) is 9.02. The predicted octanol–water partition coefficient (Wildman–Crippen LogP) is 1.35. The first-order chi connectivity index (χ1) is 7.72. The molecule has 0 aliphatic carbocycles. The van der Waals surface area contributed by atoms with Gasteiger partial charge in [-0.1, -0.05) is 0 Å². The summed E-state index contributed by atoms with van der Waals surface area (Å²) in [7, 11) is 0. The molecule has 0 spiro atoms. The molecule has 1 aromatic carbocycles. The van der Waals surface area contributed by atoms with Crippen molar-refractivity contribution in [1.82, 2.24) is 14.8 Å². The molecule has 0 saturated carbocycles. The fourth-order valence-corrected chi connectivity index (χ4v) is 1.59. The Bertz CT molecular complexity index is 475. The third-order valence-electron chi connectivity index (χ3n) is 2.39. The summed E-state index contributed by atoms with van der Waals surface area (Å²) in [6.07, 6.45) is 0. The van der Waals surface area contributed by atoms with Crippen molar-refractivity contribution >= 4 is 0 Å². The molecule has 0 radical (unpaired) electrons. The number of halogens is 1. The van der Waals surface area contributed by atoms with Crippen LogP contribution in [-0.4, -0.2) is 21.3 Å². The van der Waals surface area contributed by atoms with Gasteiger partial charge in [-0.2, -0.15) is 0 Å². The molecule has 0 bridgehead atoms. The summed E-state index contributed by atoms with van der Waals surface area (Å²) in [5.74, 6) is 1.28. The minimum atomic E-state index is -0.259. The highest BCUT2D eigenvalue weighted by Gasteiger charge is 2.09. The van der Waals surface area contributed by atoms with E-state index in [0.717, 1.165) is 17.2 Å². The van der Waals surface area contributed by atoms with E-state index in [4.69, 9.17) is 5.73 Å². The lowest BCUT2D eigenvalue weighted by Gasteiger charge is -2.06. The van der Waals surface area contributed by atoms with E-state index in [1.165, 1.54) is 12.1 Å². The molecule has 2 N–H and O–H groups in total. The number of aryl methyl sites for hydroxylation is 1. The van der Waals surface area contributed by atoms with Gasteiger partial charge in [-0.05, 0) is 31.2 Å². The van der Waals surface area contributed by atoms with Crippen molar-refractivity contribution in [2.24, 2.45) is 5.73 Å². The number of benzene rings is 1. The maximum atomic E-state index is 12.8. The van der Waals surface area contributed by atoms with Crippen LogP contribution < -0.4 is 5.73 Å². The topological polar surface area (TPSA) is 56.7 Å². The molecule has 0 atom stereocenters. The second-order valence-electron chi connectivity index (χ2n) is 3.52. The third-order valence-corrected chi connectivity index (χ3v) is 2.39. The molecule has 1 heterocycles. The lowest BCUT2D eigenvalue weighted by Crippen LogP contribution is -2.12. The molecule has 0 saturated heterocycles. The summed E-state index contributed by atoms with van der Waals surface area (Å²) in [6, 6.07) is 6.19. The average Bonchev–Trinajstić information content (AvgIpc) is 2.63. The van der Waals surface area contributed by atoms with Crippen molar-refractivity contribution in [2.75, 3.05) is 6.54 Å². The monoisotopic (exact) mass is 220 g/mol. The van der Waals surface area contributed by atoms with Gasteiger partial charge in [0.25, 0.3) is 0 Å². The molecule has 5 heteroatoms. The number of nitrogens with zero attached hydrogens (tertiary/aromatic N) is 3. The summed E-state index contributed by atoms with van der Waals surface area (Å²) in [4.78, 5) is 0. The van der Waals surface area contributed by atoms with E-state index >= 15 is 0 Å². The van der Waals surface area contributed by atoms with E-state index in [1.54, 1.807) is 12.1 Å². The van der Waals surface area contributed by atoms with Crippen molar-refractivity contribution in [3.63, 3.8) is 0 Å². The molecule has 0 fully saturated rings. The van der Waals surface area contributed by atoms with Gasteiger partial charge >= 0.3 is 0 Å². The van der Waals surface area contributed by atoms with Crippen LogP contribution in [0, 0.1) is 12.7 Å². The van der Waals surface area contributed by atoms with Gasteiger partial charge in [-0.15, -0.1) is 10.2 Å². The molecular weight excluding hydrogens is 207 g/mol. The molecule has 0 amide bonds. The SMILES string of the molecule is Cc1nnc(-c2ccc(F)cc2)n1CCN. The van der Waals surface area contributed by atoms with Crippen molar-refractivity contribution < 1.29 is 4.39 Å². The van der Waals surface area contributed by atoms with Gasteiger partial charge < -0.3 is 10.3 Å². The second-order valence-corrected chi connectivity index (χ2v) is 3.52. The highest BCUT2D eigenvalue weighted by Crippen LogP contribution is 2.18. The van der Waals surface area contributed by atoms with Crippen molar-refractivity contribution in [3.8, 4) is 11.4 Å². The zero-order valence-electron chi connectivity index (χ0n) is 9.02. The summed E-state index contributed by atoms with van der Waals surface area (Å²) in [6.45, 7) is 3.05. The molecule has 2 aromatic rings. The van der Waals surface area contributed by atoms with E-state index in [1.807, 2.05) is 11.5 Å². The maximum absolute atomic E-state index is 12.8. The molecular formula is C11H13FN4. The average molecular weight is 220 g/mol. The molecule has 2 rings (SSSR count). The van der Waals surface area contributed by atoms with Crippen molar-refractivity contribution in [3.05, 3.63) is 35.9 Å². The van der Waals surface area contributed by atoms with Gasteiger partial charge in [-0.25, -0.2) is 4.39 Å². The van der Waals surface area contributed by atoms with Crippen LogP contribution >= 0.6 is 0 Å². The van der Waals surface area contributed by atoms with Crippen LogP contribution in [0.4, 0.5) is 4.39 Å². The Hall–Kier alpha value is -1.75. The normalized spacial score (nSPS) is 10.7. The molecule has 0 unspecified atom stereocenters. The van der Waals surface area contributed by atoms with Crippen molar-refractivity contribution in [2.45, 2.75) is 13.5 Å². The minimum Gasteiger partial charge on any atom is -0.329 e. The first kappa shape index (κ1) is 10.8. The summed E-state index contributed by atoms with van der Waals surface area (Å²) < 4.78 is 14.7. The number of aromatic nitrogens is 3. The van der Waals surface area contributed by atoms with Gasteiger partial charge in [0, 0.05) is 18.7 Å². The van der Waals surface area contributed by atoms with Crippen LogP contribution in [0.15, 0.2) is 24.3 Å². The first-order valence-electron chi connectivity index (χ1n) is 5.08. The van der Waals surface area contributed by atoms with Crippen LogP contribution in [0.25, 0.3) is 11.4 Å². The maximum Gasteiger partial charge on any atom is 0.163 e. The van der Waals surface area contributed by atoms with Gasteiger partial charge in [0.15, 0.2) is 5.82 Å². The highest BCUT2D eigenvalue weighted by atomic mass is 19.1. The van der Waals surface area contributed by atoms with Crippen LogP contribution in [0.5, 0.6) is 0 Å². The first-order valence-corrected chi connectivity index (χ1v) is 5.08. The fraction of sp³-hybridized carbons (Fsp3) is 0.273. The second kappa shape index (κ2) is 4.40. The Morgan fingerprint density at radius 3 is 2.56 bits per heavy atom. The van der Waals surface area contributed by atoms with E-state index in [0.29, 0.717) is 13.1 Å². The molecule has 84 valence electrons. The van der Waals surface area contributed by atoms with E-state index in [-0.39, 0.29) is 5.82 Å². The van der Waals surface area contributed by atoms with Crippen LogP contribution in [-0.2, 0) is 6.54 Å². The third kappa shape index (κ3) is 1.94. The lowest BCUT2D eigenvalue weighted by molar-refractivity contribution is 0.627. The number of rotatable bonds is 3. The highest BCUT2D eigenvalue weighted by molar-refractivity contribution is 5.55. The van der Waals surface area contributed by atoms with Crippen molar-refractivity contribution in [1.29, 1.82) is 0 Å². The molecule has 0 aliphatic heterocycles. The van der Waals surface area contributed by atoms with E-state index in [9.17, 15) is 4.39 Å². The summed E-state index contributed by atoms with van der Waals surface area (Å²) in [5, 5.41) is 8.07. The minimum absolute atomic E-state index is 0.259. The zero-order chi connectivity index (χ0) is 11.5. The molecule has 4 nitrogen and oxygen atoms in total. The van der Waals surface area contributed by atoms with Gasteiger partial charge in [-0.3, -0.25) is 0 Å². The quantitative estimate of drug-likeness (QED) is 0.849. The summed E-state index contributed by atoms with van der Waals surface area (Å²) >= 11 is 0. The van der Waals surface area contributed by atoms with Gasteiger partial charge in [0.05, 0.1) is 0 Å². The Kier molecular flexibility index (Phi) is 2.96. The number of hydrogen-bond acceptors (Lipinski definition) is 3. The van der Waals surface area contributed by atoms with Crippen LogP contribution in [0.1, 0.15) is 5.82 Å². The Balaban J connectivity index is 2.43. The number of nitrogens with two attached hydrogens (primary N) is 1. The Morgan fingerprint density at radius 2 is 1.94 bits per heavy atom. The molecule has 0 aliphatic rings. The lowest BCUT2D eigenvalue weighted by atomic mass is 10.2. The Labute approximate surface area is 92.9 Å².